The highest BCUT2D eigenvalue weighted by Crippen LogP contribution is 2.33. The molecule has 0 spiro atoms. The zero-order valence-electron chi connectivity index (χ0n) is 17.9. The summed E-state index contributed by atoms with van der Waals surface area (Å²) < 4.78 is 28.1. The number of piperidine rings is 1. The van der Waals surface area contributed by atoms with Crippen molar-refractivity contribution in [3.63, 3.8) is 0 Å². The molecule has 1 aromatic heterocycles. The Bertz CT molecular complexity index is 1160. The van der Waals surface area contributed by atoms with Gasteiger partial charge in [0, 0.05) is 26.4 Å². The van der Waals surface area contributed by atoms with Crippen LogP contribution in [0.1, 0.15) is 60.4 Å². The fourth-order valence-corrected chi connectivity index (χ4v) is 6.24. The first-order chi connectivity index (χ1) is 14.7. The third-order valence-corrected chi connectivity index (χ3v) is 7.94. The van der Waals surface area contributed by atoms with Gasteiger partial charge in [-0.3, -0.25) is 9.59 Å². The first kappa shape index (κ1) is 21.7. The summed E-state index contributed by atoms with van der Waals surface area (Å²) in [4.78, 5) is 33.6. The minimum atomic E-state index is -3.59. The van der Waals surface area contributed by atoms with Crippen LogP contribution in [0.15, 0.2) is 29.1 Å². The van der Waals surface area contributed by atoms with Crippen LogP contribution in [0.2, 0.25) is 0 Å². The van der Waals surface area contributed by atoms with E-state index < -0.39 is 16.1 Å². The maximum Gasteiger partial charge on any atom is 0.256 e. The molecule has 3 heterocycles. The van der Waals surface area contributed by atoms with Crippen LogP contribution < -0.4 is 5.56 Å². The molecule has 0 saturated carbocycles. The van der Waals surface area contributed by atoms with Crippen LogP contribution in [-0.4, -0.2) is 46.6 Å². The smallest absolute Gasteiger partial charge is 0.256 e. The lowest BCUT2D eigenvalue weighted by Gasteiger charge is -2.35. The van der Waals surface area contributed by atoms with E-state index in [1.807, 2.05) is 31.2 Å². The Labute approximate surface area is 182 Å². The van der Waals surface area contributed by atoms with Crippen LogP contribution in [0, 0.1) is 6.92 Å². The largest absolute Gasteiger partial charge is 0.338 e. The van der Waals surface area contributed by atoms with Crippen molar-refractivity contribution in [2.75, 3.05) is 13.1 Å². The van der Waals surface area contributed by atoms with Crippen molar-refractivity contribution in [3.8, 4) is 0 Å². The number of nitrogens with one attached hydrogen (secondary N) is 1. The van der Waals surface area contributed by atoms with E-state index in [4.69, 9.17) is 0 Å². The number of benzene rings is 1. The van der Waals surface area contributed by atoms with Crippen molar-refractivity contribution in [2.45, 2.75) is 57.9 Å². The third kappa shape index (κ3) is 4.57. The van der Waals surface area contributed by atoms with E-state index in [0.717, 1.165) is 24.0 Å². The van der Waals surface area contributed by atoms with Gasteiger partial charge in [0.15, 0.2) is 0 Å². The van der Waals surface area contributed by atoms with E-state index in [1.165, 1.54) is 11.2 Å². The van der Waals surface area contributed by atoms with Gasteiger partial charge in [-0.05, 0) is 25.3 Å². The molecule has 0 radical (unpaired) electrons. The summed E-state index contributed by atoms with van der Waals surface area (Å²) in [6.07, 6.45) is 2.77. The molecule has 2 aliphatic rings. The van der Waals surface area contributed by atoms with Crippen LogP contribution in [0.3, 0.4) is 0 Å². The normalized spacial score (nSPS) is 19.8. The maximum atomic E-state index is 13.3. The molecule has 9 heteroatoms. The Kier molecular flexibility index (Phi) is 5.98. The Morgan fingerprint density at radius 1 is 1.26 bits per heavy atom. The molecule has 166 valence electrons. The number of H-pyrrole nitrogens is 1. The van der Waals surface area contributed by atoms with Gasteiger partial charge in [-0.25, -0.2) is 13.4 Å². The first-order valence-electron chi connectivity index (χ1n) is 10.7. The van der Waals surface area contributed by atoms with E-state index in [9.17, 15) is 18.0 Å². The summed E-state index contributed by atoms with van der Waals surface area (Å²) in [5, 5.41) is 0. The fraction of sp³-hybridized carbons (Fsp3) is 0.500. The predicted octanol–water partition coefficient (Wildman–Crippen LogP) is 2.04. The van der Waals surface area contributed by atoms with Gasteiger partial charge in [0.1, 0.15) is 5.82 Å². The summed E-state index contributed by atoms with van der Waals surface area (Å²) in [6.45, 7) is 4.60. The lowest BCUT2D eigenvalue weighted by molar-refractivity contribution is -0.129. The Hall–Kier alpha value is -2.52. The number of nitrogens with zero attached hydrogens (tertiary/aromatic N) is 3. The lowest BCUT2D eigenvalue weighted by atomic mass is 10.0. The second kappa shape index (κ2) is 8.55. The van der Waals surface area contributed by atoms with Crippen molar-refractivity contribution >= 4 is 15.9 Å². The molecule has 1 unspecified atom stereocenters. The van der Waals surface area contributed by atoms with Gasteiger partial charge in [-0.15, -0.1) is 0 Å². The lowest BCUT2D eigenvalue weighted by Crippen LogP contribution is -2.42. The molecule has 2 aliphatic heterocycles. The quantitative estimate of drug-likeness (QED) is 0.777. The number of rotatable bonds is 4. The third-order valence-electron chi connectivity index (χ3n) is 6.09. The highest BCUT2D eigenvalue weighted by Gasteiger charge is 2.35. The standard InChI is InChI=1S/C22H28N4O4S/c1-15-6-5-7-17(12-15)14-31(29,30)26-10-4-3-8-20(26)21-23-19-9-11-25(16(2)27)13-18(19)22(28)24-21/h5-7,12,20H,3-4,8-11,13-14H2,1-2H3,(H,23,24,28). The summed E-state index contributed by atoms with van der Waals surface area (Å²) in [6, 6.07) is 7.03. The highest BCUT2D eigenvalue weighted by atomic mass is 32.2. The van der Waals surface area contributed by atoms with Crippen LogP contribution in [-0.2, 0) is 33.5 Å². The zero-order valence-corrected chi connectivity index (χ0v) is 18.7. The molecular formula is C22H28N4O4S. The van der Waals surface area contributed by atoms with E-state index in [2.05, 4.69) is 9.97 Å². The summed E-state index contributed by atoms with van der Waals surface area (Å²) >= 11 is 0. The number of sulfonamides is 1. The van der Waals surface area contributed by atoms with Crippen molar-refractivity contribution < 1.29 is 13.2 Å². The van der Waals surface area contributed by atoms with E-state index in [1.54, 1.807) is 4.90 Å². The molecule has 1 saturated heterocycles. The van der Waals surface area contributed by atoms with Gasteiger partial charge in [0.2, 0.25) is 15.9 Å². The molecule has 0 aliphatic carbocycles. The van der Waals surface area contributed by atoms with E-state index in [-0.39, 0.29) is 23.8 Å². The van der Waals surface area contributed by atoms with Gasteiger partial charge >= 0.3 is 0 Å². The number of aromatic nitrogens is 2. The molecule has 31 heavy (non-hydrogen) atoms. The van der Waals surface area contributed by atoms with E-state index in [0.29, 0.717) is 43.0 Å². The number of hydrogen-bond donors (Lipinski definition) is 1. The van der Waals surface area contributed by atoms with E-state index >= 15 is 0 Å². The number of carbonyl (C=O) groups excluding carboxylic acids is 1. The predicted molar refractivity (Wildman–Crippen MR) is 117 cm³/mol. The van der Waals surface area contributed by atoms with Crippen LogP contribution in [0.25, 0.3) is 0 Å². The summed E-state index contributed by atoms with van der Waals surface area (Å²) in [5.41, 5.74) is 2.64. The number of carbonyl (C=O) groups is 1. The Balaban J connectivity index is 1.64. The minimum Gasteiger partial charge on any atom is -0.338 e. The highest BCUT2D eigenvalue weighted by molar-refractivity contribution is 7.88. The average Bonchev–Trinajstić information content (AvgIpc) is 2.73. The monoisotopic (exact) mass is 444 g/mol. The molecule has 2 aromatic rings. The van der Waals surface area contributed by atoms with Crippen molar-refractivity contribution in [3.05, 3.63) is 62.8 Å². The summed E-state index contributed by atoms with van der Waals surface area (Å²) in [5.74, 6) is 0.260. The number of hydrogen-bond acceptors (Lipinski definition) is 5. The molecule has 1 atom stereocenters. The molecule has 0 bridgehead atoms. The van der Waals surface area contributed by atoms with Gasteiger partial charge in [-0.1, -0.05) is 36.2 Å². The van der Waals surface area contributed by atoms with Gasteiger partial charge < -0.3 is 9.88 Å². The Morgan fingerprint density at radius 2 is 2.06 bits per heavy atom. The van der Waals surface area contributed by atoms with Crippen molar-refractivity contribution in [1.82, 2.24) is 19.2 Å². The summed E-state index contributed by atoms with van der Waals surface area (Å²) in [7, 11) is -3.59. The first-order valence-corrected chi connectivity index (χ1v) is 12.3. The van der Waals surface area contributed by atoms with Crippen LogP contribution in [0.5, 0.6) is 0 Å². The molecule has 4 rings (SSSR count). The average molecular weight is 445 g/mol. The van der Waals surface area contributed by atoms with Crippen LogP contribution >= 0.6 is 0 Å². The second-order valence-corrected chi connectivity index (χ2v) is 10.4. The Morgan fingerprint density at radius 3 is 2.81 bits per heavy atom. The van der Waals surface area contributed by atoms with Gasteiger partial charge in [-0.2, -0.15) is 4.31 Å². The molecule has 1 amide bonds. The molecule has 1 aromatic carbocycles. The number of amides is 1. The topological polar surface area (TPSA) is 103 Å². The van der Waals surface area contributed by atoms with Gasteiger partial charge in [0.05, 0.1) is 29.6 Å². The fourth-order valence-electron chi connectivity index (χ4n) is 4.48. The number of aromatic amines is 1. The SMILES string of the molecule is CC(=O)N1CCc2nc(C3CCCCN3S(=O)(=O)Cc3cccc(C)c3)[nH]c(=O)c2C1. The molecular weight excluding hydrogens is 416 g/mol. The minimum absolute atomic E-state index is 0.0742. The number of aryl methyl sites for hydroxylation is 1. The molecule has 1 fully saturated rings. The molecule has 8 nitrogen and oxygen atoms in total. The maximum absolute atomic E-state index is 13.3. The van der Waals surface area contributed by atoms with Crippen molar-refractivity contribution in [1.29, 1.82) is 0 Å². The zero-order chi connectivity index (χ0) is 22.2. The van der Waals surface area contributed by atoms with Gasteiger partial charge in [0.25, 0.3) is 5.56 Å². The number of fused-ring (bicyclic) bond motifs is 1. The molecule has 1 N–H and O–H groups in total. The van der Waals surface area contributed by atoms with Crippen LogP contribution in [0.4, 0.5) is 0 Å². The van der Waals surface area contributed by atoms with Crippen molar-refractivity contribution in [2.24, 2.45) is 0 Å². The second-order valence-electron chi connectivity index (χ2n) is 8.43.